The molecule has 108 valence electrons. The number of sulfone groups is 1. The highest BCUT2D eigenvalue weighted by atomic mass is 32.2. The van der Waals surface area contributed by atoms with Gasteiger partial charge in [0.15, 0.2) is 9.84 Å². The molecule has 0 saturated heterocycles. The molecule has 1 aromatic carbocycles. The fourth-order valence-electron chi connectivity index (χ4n) is 2.16. The van der Waals surface area contributed by atoms with Crippen molar-refractivity contribution in [2.45, 2.75) is 30.2 Å². The van der Waals surface area contributed by atoms with Crippen molar-refractivity contribution in [1.82, 2.24) is 5.32 Å². The van der Waals surface area contributed by atoms with Gasteiger partial charge in [0.1, 0.15) is 0 Å². The van der Waals surface area contributed by atoms with E-state index in [0.29, 0.717) is 0 Å². The van der Waals surface area contributed by atoms with E-state index in [4.69, 9.17) is 5.73 Å². The molecule has 0 heterocycles. The monoisotopic (exact) mass is 294 g/mol. The van der Waals surface area contributed by atoms with Gasteiger partial charge in [-0.1, -0.05) is 12.2 Å². The Bertz CT molecular complexity index is 650. The Morgan fingerprint density at radius 1 is 1.30 bits per heavy atom. The van der Waals surface area contributed by atoms with Gasteiger partial charge in [0, 0.05) is 23.5 Å². The lowest BCUT2D eigenvalue weighted by atomic mass is 10.0. The van der Waals surface area contributed by atoms with E-state index < -0.39 is 9.84 Å². The average Bonchev–Trinajstić information content (AvgIpc) is 2.38. The van der Waals surface area contributed by atoms with Gasteiger partial charge in [0.05, 0.1) is 4.90 Å². The molecular weight excluding hydrogens is 276 g/mol. The summed E-state index contributed by atoms with van der Waals surface area (Å²) in [7, 11) is -3.39. The number of anilines is 1. The van der Waals surface area contributed by atoms with E-state index in [9.17, 15) is 13.2 Å². The molecule has 0 saturated carbocycles. The van der Waals surface area contributed by atoms with Gasteiger partial charge in [-0.05, 0) is 37.5 Å². The number of rotatable bonds is 3. The zero-order valence-electron chi connectivity index (χ0n) is 11.3. The van der Waals surface area contributed by atoms with E-state index >= 15 is 0 Å². The number of hydrogen-bond acceptors (Lipinski definition) is 4. The first-order valence-corrected chi connectivity index (χ1v) is 8.32. The van der Waals surface area contributed by atoms with Crippen LogP contribution in [0.3, 0.4) is 0 Å². The van der Waals surface area contributed by atoms with Crippen LogP contribution < -0.4 is 11.1 Å². The topological polar surface area (TPSA) is 89.3 Å². The second kappa shape index (κ2) is 5.66. The molecule has 0 fully saturated rings. The summed E-state index contributed by atoms with van der Waals surface area (Å²) in [5.41, 5.74) is 6.21. The van der Waals surface area contributed by atoms with Crippen molar-refractivity contribution in [3.8, 4) is 0 Å². The molecule has 1 aliphatic carbocycles. The first-order chi connectivity index (χ1) is 9.36. The number of amides is 1. The molecule has 1 atom stereocenters. The highest BCUT2D eigenvalue weighted by Crippen LogP contribution is 2.18. The number of carbonyl (C=O) groups excluding carboxylic acids is 1. The zero-order valence-corrected chi connectivity index (χ0v) is 12.1. The lowest BCUT2D eigenvalue weighted by Gasteiger charge is -2.19. The van der Waals surface area contributed by atoms with E-state index in [1.54, 1.807) is 0 Å². The van der Waals surface area contributed by atoms with Gasteiger partial charge in [-0.3, -0.25) is 4.79 Å². The first-order valence-electron chi connectivity index (χ1n) is 6.43. The standard InChI is InChI=1S/C14H18N2O3S/c1-20(18,19)13-8-10(7-11(15)9-13)14(17)16-12-5-3-2-4-6-12/h2-3,7-9,12H,4-6,15H2,1H3,(H,16,17). The number of hydrogen-bond donors (Lipinski definition) is 2. The molecule has 1 aliphatic rings. The highest BCUT2D eigenvalue weighted by molar-refractivity contribution is 7.90. The predicted octanol–water partition coefficient (Wildman–Crippen LogP) is 1.51. The molecular formula is C14H18N2O3S. The van der Waals surface area contributed by atoms with Crippen molar-refractivity contribution in [2.75, 3.05) is 12.0 Å². The van der Waals surface area contributed by atoms with Crippen LogP contribution in [0.4, 0.5) is 5.69 Å². The summed E-state index contributed by atoms with van der Waals surface area (Å²) in [5.74, 6) is -0.289. The summed E-state index contributed by atoms with van der Waals surface area (Å²) in [6.45, 7) is 0. The molecule has 5 nitrogen and oxygen atoms in total. The van der Waals surface area contributed by atoms with Crippen LogP contribution in [0.1, 0.15) is 29.6 Å². The van der Waals surface area contributed by atoms with Gasteiger partial charge >= 0.3 is 0 Å². The normalized spacial score (nSPS) is 18.8. The van der Waals surface area contributed by atoms with Crippen LogP contribution in [-0.2, 0) is 9.84 Å². The van der Waals surface area contributed by atoms with Crippen molar-refractivity contribution < 1.29 is 13.2 Å². The summed E-state index contributed by atoms with van der Waals surface area (Å²) in [4.78, 5) is 12.2. The molecule has 0 aliphatic heterocycles. The summed E-state index contributed by atoms with van der Waals surface area (Å²) in [6.07, 6.45) is 7.85. The third-order valence-electron chi connectivity index (χ3n) is 3.22. The Morgan fingerprint density at radius 3 is 2.65 bits per heavy atom. The van der Waals surface area contributed by atoms with E-state index in [0.717, 1.165) is 25.5 Å². The molecule has 0 bridgehead atoms. The Morgan fingerprint density at radius 2 is 2.05 bits per heavy atom. The summed E-state index contributed by atoms with van der Waals surface area (Å²) < 4.78 is 23.1. The van der Waals surface area contributed by atoms with Crippen molar-refractivity contribution in [3.63, 3.8) is 0 Å². The second-order valence-corrected chi connectivity index (χ2v) is 7.03. The highest BCUT2D eigenvalue weighted by Gasteiger charge is 2.17. The fourth-order valence-corrected chi connectivity index (χ4v) is 2.85. The van der Waals surface area contributed by atoms with Crippen LogP contribution in [0.2, 0.25) is 0 Å². The molecule has 1 aromatic rings. The molecule has 3 N–H and O–H groups in total. The van der Waals surface area contributed by atoms with Crippen LogP contribution in [-0.4, -0.2) is 26.6 Å². The number of allylic oxidation sites excluding steroid dienone is 1. The number of nitrogen functional groups attached to an aromatic ring is 1. The maximum atomic E-state index is 12.2. The molecule has 0 radical (unpaired) electrons. The van der Waals surface area contributed by atoms with Crippen LogP contribution in [0.5, 0.6) is 0 Å². The Kier molecular flexibility index (Phi) is 4.13. The van der Waals surface area contributed by atoms with Gasteiger partial charge in [0.25, 0.3) is 5.91 Å². The van der Waals surface area contributed by atoms with Crippen molar-refractivity contribution in [1.29, 1.82) is 0 Å². The first kappa shape index (κ1) is 14.6. The zero-order chi connectivity index (χ0) is 14.8. The Labute approximate surface area is 118 Å². The number of carbonyl (C=O) groups is 1. The summed E-state index contributed by atoms with van der Waals surface area (Å²) in [6, 6.07) is 4.30. The minimum Gasteiger partial charge on any atom is -0.399 e. The Hall–Kier alpha value is -1.82. The minimum atomic E-state index is -3.39. The van der Waals surface area contributed by atoms with Crippen LogP contribution in [0.25, 0.3) is 0 Å². The van der Waals surface area contributed by atoms with Crippen molar-refractivity contribution in [2.24, 2.45) is 0 Å². The maximum absolute atomic E-state index is 12.2. The molecule has 1 unspecified atom stereocenters. The maximum Gasteiger partial charge on any atom is 0.251 e. The van der Waals surface area contributed by atoms with E-state index in [1.807, 2.05) is 6.08 Å². The molecule has 1 amide bonds. The SMILES string of the molecule is CS(=O)(=O)c1cc(N)cc(C(=O)NC2CC=CCC2)c1. The van der Waals surface area contributed by atoms with Crippen LogP contribution in [0.15, 0.2) is 35.2 Å². The number of nitrogens with one attached hydrogen (secondary N) is 1. The largest absolute Gasteiger partial charge is 0.399 e. The lowest BCUT2D eigenvalue weighted by Crippen LogP contribution is -2.35. The lowest BCUT2D eigenvalue weighted by molar-refractivity contribution is 0.0934. The third-order valence-corrected chi connectivity index (χ3v) is 4.32. The van der Waals surface area contributed by atoms with Gasteiger partial charge in [-0.25, -0.2) is 8.42 Å². The average molecular weight is 294 g/mol. The quantitative estimate of drug-likeness (QED) is 0.653. The summed E-state index contributed by atoms with van der Waals surface area (Å²) in [5, 5.41) is 2.90. The van der Waals surface area contributed by atoms with Gasteiger partial charge in [0.2, 0.25) is 0 Å². The van der Waals surface area contributed by atoms with Crippen LogP contribution >= 0.6 is 0 Å². The molecule has 0 spiro atoms. The Balaban J connectivity index is 2.21. The molecule has 0 aromatic heterocycles. The van der Waals surface area contributed by atoms with E-state index in [2.05, 4.69) is 11.4 Å². The number of nitrogens with two attached hydrogens (primary N) is 1. The summed E-state index contributed by atoms with van der Waals surface area (Å²) >= 11 is 0. The molecule has 6 heteroatoms. The van der Waals surface area contributed by atoms with Crippen molar-refractivity contribution in [3.05, 3.63) is 35.9 Å². The third kappa shape index (κ3) is 3.60. The predicted molar refractivity (Wildman–Crippen MR) is 78.2 cm³/mol. The number of benzene rings is 1. The van der Waals surface area contributed by atoms with E-state index in [1.165, 1.54) is 18.2 Å². The van der Waals surface area contributed by atoms with Gasteiger partial charge in [-0.2, -0.15) is 0 Å². The van der Waals surface area contributed by atoms with Gasteiger partial charge < -0.3 is 11.1 Å². The fraction of sp³-hybridized carbons (Fsp3) is 0.357. The van der Waals surface area contributed by atoms with Gasteiger partial charge in [-0.15, -0.1) is 0 Å². The van der Waals surface area contributed by atoms with Crippen molar-refractivity contribution >= 4 is 21.4 Å². The van der Waals surface area contributed by atoms with Crippen LogP contribution in [0, 0.1) is 0 Å². The smallest absolute Gasteiger partial charge is 0.251 e. The minimum absolute atomic E-state index is 0.0613. The molecule has 20 heavy (non-hydrogen) atoms. The second-order valence-electron chi connectivity index (χ2n) is 5.02. The molecule has 2 rings (SSSR count). The van der Waals surface area contributed by atoms with E-state index in [-0.39, 0.29) is 28.1 Å².